The fraction of sp³-hybridized carbons (Fsp3) is 0.113. The summed E-state index contributed by atoms with van der Waals surface area (Å²) in [6.07, 6.45) is 6.10. The summed E-state index contributed by atoms with van der Waals surface area (Å²) in [7, 11) is 0. The molecule has 1 saturated carbocycles. The average Bonchev–Trinajstić information content (AvgIpc) is 3.55. The minimum absolute atomic E-state index is 0.0379. The van der Waals surface area contributed by atoms with E-state index >= 15 is 0 Å². The van der Waals surface area contributed by atoms with Gasteiger partial charge in [0.05, 0.1) is 23.0 Å². The van der Waals surface area contributed by atoms with E-state index in [9.17, 15) is 5.26 Å². The highest BCUT2D eigenvalue weighted by atomic mass is 14.9. The predicted octanol–water partition coefficient (Wildman–Crippen LogP) is 13.6. The summed E-state index contributed by atoms with van der Waals surface area (Å²) in [6.45, 7) is 0. The van der Waals surface area contributed by atoms with Crippen LogP contribution in [-0.4, -0.2) is 9.97 Å². The van der Waals surface area contributed by atoms with Crippen LogP contribution in [0.4, 0.5) is 0 Å². The first kappa shape index (κ1) is 33.7. The van der Waals surface area contributed by atoms with Crippen LogP contribution in [0, 0.1) is 11.3 Å². The highest BCUT2D eigenvalue weighted by Gasteiger charge is 2.44. The molecule has 0 atom stereocenters. The molecule has 266 valence electrons. The standard InChI is InChI=1S/C53H39N3/c54-35-36-23-28-47-46(31-36)51-45(21-12-22-48(51)53(47)29-8-3-9-30-53)44-20-11-19-43(33-44)42-18-10-17-41(32-42)37-24-26-39(27-25-37)50-34-49(38-13-4-1-5-14-38)55-52(56-50)40-15-6-2-7-16-40/h1-2,4-7,10-28,31-34H,3,8-9,29-30H2. The van der Waals surface area contributed by atoms with Gasteiger partial charge < -0.3 is 0 Å². The molecule has 3 nitrogen and oxygen atoms in total. The van der Waals surface area contributed by atoms with Crippen LogP contribution in [0.2, 0.25) is 0 Å². The second kappa shape index (κ2) is 14.1. The van der Waals surface area contributed by atoms with E-state index in [0.717, 1.165) is 44.8 Å². The van der Waals surface area contributed by atoms with Crippen LogP contribution >= 0.6 is 0 Å². The van der Waals surface area contributed by atoms with Gasteiger partial charge in [-0.25, -0.2) is 9.97 Å². The molecule has 1 spiro atoms. The van der Waals surface area contributed by atoms with Gasteiger partial charge >= 0.3 is 0 Å². The predicted molar refractivity (Wildman–Crippen MR) is 229 cm³/mol. The van der Waals surface area contributed by atoms with Gasteiger partial charge in [-0.2, -0.15) is 5.26 Å². The van der Waals surface area contributed by atoms with Crippen molar-refractivity contribution < 1.29 is 0 Å². The Morgan fingerprint density at radius 3 is 1.64 bits per heavy atom. The molecule has 0 unspecified atom stereocenters. The molecular formula is C53H39N3. The normalized spacial score (nSPS) is 13.8. The van der Waals surface area contributed by atoms with Gasteiger partial charge in [0.25, 0.3) is 0 Å². The molecule has 0 amide bonds. The maximum Gasteiger partial charge on any atom is 0.160 e. The SMILES string of the molecule is N#Cc1ccc2c(c1)-c1c(-c3cccc(-c4cccc(-c5ccc(-c6cc(-c7ccccc7)nc(-c7ccccc7)n6)cc5)c4)c3)cccc1C21CCCCC1. The van der Waals surface area contributed by atoms with Gasteiger partial charge in [0.15, 0.2) is 5.82 Å². The molecular weight excluding hydrogens is 679 g/mol. The fourth-order valence-corrected chi connectivity index (χ4v) is 9.21. The van der Waals surface area contributed by atoms with E-state index in [1.165, 1.54) is 76.6 Å². The van der Waals surface area contributed by atoms with Crippen LogP contribution in [0.5, 0.6) is 0 Å². The van der Waals surface area contributed by atoms with Crippen LogP contribution in [0.15, 0.2) is 176 Å². The van der Waals surface area contributed by atoms with Crippen molar-refractivity contribution >= 4 is 0 Å². The first-order valence-electron chi connectivity index (χ1n) is 19.7. The summed E-state index contributed by atoms with van der Waals surface area (Å²) in [5, 5.41) is 9.88. The maximum absolute atomic E-state index is 9.88. The van der Waals surface area contributed by atoms with Crippen LogP contribution in [0.3, 0.4) is 0 Å². The third-order valence-corrected chi connectivity index (χ3v) is 11.9. The zero-order valence-electron chi connectivity index (χ0n) is 31.1. The van der Waals surface area contributed by atoms with Crippen LogP contribution < -0.4 is 0 Å². The second-order valence-electron chi connectivity index (χ2n) is 15.2. The molecule has 7 aromatic carbocycles. The molecule has 2 aliphatic rings. The van der Waals surface area contributed by atoms with Crippen molar-refractivity contribution in [3.05, 3.63) is 193 Å². The number of rotatable bonds is 6. The minimum atomic E-state index is 0.0379. The highest BCUT2D eigenvalue weighted by Crippen LogP contribution is 2.58. The topological polar surface area (TPSA) is 49.6 Å². The summed E-state index contributed by atoms with van der Waals surface area (Å²) >= 11 is 0. The molecule has 10 rings (SSSR count). The molecule has 1 heterocycles. The minimum Gasteiger partial charge on any atom is -0.228 e. The lowest BCUT2D eigenvalue weighted by atomic mass is 9.67. The first-order chi connectivity index (χ1) is 27.7. The molecule has 8 aromatic rings. The van der Waals surface area contributed by atoms with E-state index in [2.05, 4.69) is 140 Å². The lowest BCUT2D eigenvalue weighted by Gasteiger charge is -2.36. The number of hydrogen-bond acceptors (Lipinski definition) is 3. The molecule has 1 aromatic heterocycles. The van der Waals surface area contributed by atoms with Crippen molar-refractivity contribution in [3.63, 3.8) is 0 Å². The number of aromatic nitrogens is 2. The van der Waals surface area contributed by atoms with E-state index < -0.39 is 0 Å². The zero-order valence-corrected chi connectivity index (χ0v) is 31.1. The van der Waals surface area contributed by atoms with E-state index in [-0.39, 0.29) is 5.41 Å². The highest BCUT2D eigenvalue weighted by molar-refractivity contribution is 5.94. The second-order valence-corrected chi connectivity index (χ2v) is 15.2. The van der Waals surface area contributed by atoms with Crippen LogP contribution in [0.25, 0.3) is 78.4 Å². The third kappa shape index (κ3) is 5.92. The average molecular weight is 718 g/mol. The Balaban J connectivity index is 0.991. The van der Waals surface area contributed by atoms with Crippen molar-refractivity contribution in [3.8, 4) is 84.5 Å². The molecule has 2 aliphatic carbocycles. The van der Waals surface area contributed by atoms with E-state index in [1.807, 2.05) is 42.5 Å². The lowest BCUT2D eigenvalue weighted by Crippen LogP contribution is -2.28. The Bertz CT molecular complexity index is 2710. The molecule has 0 radical (unpaired) electrons. The van der Waals surface area contributed by atoms with E-state index in [0.29, 0.717) is 5.82 Å². The van der Waals surface area contributed by atoms with Gasteiger partial charge in [0.1, 0.15) is 0 Å². The van der Waals surface area contributed by atoms with Crippen molar-refractivity contribution in [2.45, 2.75) is 37.5 Å². The number of fused-ring (bicyclic) bond motifs is 5. The molecule has 0 N–H and O–H groups in total. The number of nitriles is 1. The summed E-state index contributed by atoms with van der Waals surface area (Å²) in [6, 6.07) is 64.8. The summed E-state index contributed by atoms with van der Waals surface area (Å²) in [4.78, 5) is 9.99. The molecule has 56 heavy (non-hydrogen) atoms. The molecule has 0 saturated heterocycles. The van der Waals surface area contributed by atoms with Crippen molar-refractivity contribution in [2.75, 3.05) is 0 Å². The molecule has 3 heteroatoms. The van der Waals surface area contributed by atoms with Crippen molar-refractivity contribution in [2.24, 2.45) is 0 Å². The number of nitrogens with zero attached hydrogens (tertiary/aromatic N) is 3. The molecule has 0 aliphatic heterocycles. The van der Waals surface area contributed by atoms with E-state index in [1.54, 1.807) is 0 Å². The van der Waals surface area contributed by atoms with Gasteiger partial charge in [-0.15, -0.1) is 0 Å². The Labute approximate surface area is 328 Å². The number of hydrogen-bond donors (Lipinski definition) is 0. The fourth-order valence-electron chi connectivity index (χ4n) is 9.21. The van der Waals surface area contributed by atoms with Crippen LogP contribution in [0.1, 0.15) is 48.8 Å². The Hall–Kier alpha value is -6.89. The Morgan fingerprint density at radius 1 is 0.411 bits per heavy atom. The molecule has 0 bridgehead atoms. The van der Waals surface area contributed by atoms with Gasteiger partial charge in [-0.1, -0.05) is 165 Å². The van der Waals surface area contributed by atoms with Crippen LogP contribution in [-0.2, 0) is 5.41 Å². The molecule has 1 fully saturated rings. The third-order valence-electron chi connectivity index (χ3n) is 11.9. The van der Waals surface area contributed by atoms with Crippen molar-refractivity contribution in [1.29, 1.82) is 5.26 Å². The van der Waals surface area contributed by atoms with Gasteiger partial charge in [0, 0.05) is 22.1 Å². The monoisotopic (exact) mass is 717 g/mol. The summed E-state index contributed by atoms with van der Waals surface area (Å²) < 4.78 is 0. The van der Waals surface area contributed by atoms with Gasteiger partial charge in [-0.05, 0) is 98.8 Å². The van der Waals surface area contributed by atoms with Crippen molar-refractivity contribution in [1.82, 2.24) is 9.97 Å². The zero-order chi connectivity index (χ0) is 37.5. The summed E-state index contributed by atoms with van der Waals surface area (Å²) in [5.74, 6) is 0.714. The largest absolute Gasteiger partial charge is 0.228 e. The Morgan fingerprint density at radius 2 is 0.964 bits per heavy atom. The van der Waals surface area contributed by atoms with E-state index in [4.69, 9.17) is 9.97 Å². The quantitative estimate of drug-likeness (QED) is 0.172. The van der Waals surface area contributed by atoms with Gasteiger partial charge in [0.2, 0.25) is 0 Å². The lowest BCUT2D eigenvalue weighted by molar-refractivity contribution is 0.353. The maximum atomic E-state index is 9.88. The first-order valence-corrected chi connectivity index (χ1v) is 19.7. The number of benzene rings is 7. The smallest absolute Gasteiger partial charge is 0.160 e. The Kier molecular flexibility index (Phi) is 8.46. The summed E-state index contributed by atoms with van der Waals surface area (Å²) in [5.41, 5.74) is 18.1. The van der Waals surface area contributed by atoms with Gasteiger partial charge in [-0.3, -0.25) is 0 Å².